The second-order valence-electron chi connectivity index (χ2n) is 6.66. The van der Waals surface area contributed by atoms with Gasteiger partial charge in [0.05, 0.1) is 20.8 Å². The highest BCUT2D eigenvalue weighted by Crippen LogP contribution is 2.43. The quantitative estimate of drug-likeness (QED) is 0.477. The number of rotatable bonds is 5. The Morgan fingerprint density at radius 3 is 2.44 bits per heavy atom. The molecule has 2 aromatic carbocycles. The van der Waals surface area contributed by atoms with Crippen LogP contribution in [-0.2, 0) is 0 Å². The summed E-state index contributed by atoms with van der Waals surface area (Å²) in [6.45, 7) is 4.15. The first-order valence-corrected chi connectivity index (χ1v) is 9.62. The number of non-ortho nitro benzene ring substituents is 1. The number of nitro benzene ring substituents is 2. The van der Waals surface area contributed by atoms with Crippen LogP contribution >= 0.6 is 11.8 Å². The molecule has 1 aliphatic rings. The molecule has 0 aliphatic heterocycles. The van der Waals surface area contributed by atoms with Crippen LogP contribution in [0.5, 0.6) is 0 Å². The summed E-state index contributed by atoms with van der Waals surface area (Å²) >= 11 is 1.42. The minimum atomic E-state index is -0.609. The van der Waals surface area contributed by atoms with Crippen molar-refractivity contribution in [1.29, 1.82) is 0 Å². The van der Waals surface area contributed by atoms with Gasteiger partial charge in [-0.05, 0) is 61.4 Å². The lowest BCUT2D eigenvalue weighted by Gasteiger charge is -2.24. The molecule has 0 radical (unpaired) electrons. The smallest absolute Gasteiger partial charge is 0.258 e. The Kier molecular flexibility index (Phi) is 5.60. The molecule has 6 nitrogen and oxygen atoms in total. The van der Waals surface area contributed by atoms with Crippen LogP contribution in [0.15, 0.2) is 47.4 Å². The van der Waals surface area contributed by atoms with Crippen molar-refractivity contribution in [3.05, 3.63) is 79.4 Å². The third kappa shape index (κ3) is 4.19. The molecule has 27 heavy (non-hydrogen) atoms. The number of aryl methyl sites for hydroxylation is 2. The highest BCUT2D eigenvalue weighted by Gasteiger charge is 2.26. The number of nitro groups is 2. The van der Waals surface area contributed by atoms with Crippen LogP contribution in [0.25, 0.3) is 5.57 Å². The average Bonchev–Trinajstić information content (AvgIpc) is 2.64. The Hall–Kier alpha value is -2.67. The molecule has 0 N–H and O–H groups in total. The maximum atomic E-state index is 11.4. The summed E-state index contributed by atoms with van der Waals surface area (Å²) in [6, 6.07) is 10.2. The number of nitrogens with zero attached hydrogens (tertiary/aromatic N) is 2. The molecule has 3 rings (SSSR count). The van der Waals surface area contributed by atoms with Gasteiger partial charge < -0.3 is 0 Å². The minimum absolute atomic E-state index is 0.0843. The predicted octanol–water partition coefficient (Wildman–Crippen LogP) is 5.85. The van der Waals surface area contributed by atoms with Crippen LogP contribution in [0.4, 0.5) is 11.4 Å². The van der Waals surface area contributed by atoms with Crippen molar-refractivity contribution in [2.75, 3.05) is 0 Å². The Morgan fingerprint density at radius 2 is 1.78 bits per heavy atom. The minimum Gasteiger partial charge on any atom is -0.258 e. The molecule has 0 saturated carbocycles. The third-order valence-electron chi connectivity index (χ3n) is 4.84. The summed E-state index contributed by atoms with van der Waals surface area (Å²) in [6.07, 6.45) is 5.13. The van der Waals surface area contributed by atoms with Crippen LogP contribution in [0.3, 0.4) is 0 Å². The summed E-state index contributed by atoms with van der Waals surface area (Å²) in [5.41, 5.74) is 4.29. The average molecular weight is 384 g/mol. The first-order valence-electron chi connectivity index (χ1n) is 8.74. The number of hydrogen-bond donors (Lipinski definition) is 0. The van der Waals surface area contributed by atoms with Crippen LogP contribution < -0.4 is 0 Å². The van der Waals surface area contributed by atoms with Gasteiger partial charge in [-0.25, -0.2) is 0 Å². The maximum Gasteiger partial charge on any atom is 0.289 e. The van der Waals surface area contributed by atoms with Gasteiger partial charge in [-0.3, -0.25) is 20.2 Å². The molecule has 0 fully saturated rings. The Bertz CT molecular complexity index is 940. The number of thioether (sulfide) groups is 1. The van der Waals surface area contributed by atoms with Crippen molar-refractivity contribution in [2.24, 2.45) is 0 Å². The summed E-state index contributed by atoms with van der Waals surface area (Å²) in [5.74, 6) is 0. The molecule has 0 saturated heterocycles. The zero-order valence-electron chi connectivity index (χ0n) is 15.2. The highest BCUT2D eigenvalue weighted by molar-refractivity contribution is 8.00. The molecule has 140 valence electrons. The first-order chi connectivity index (χ1) is 12.9. The molecule has 0 amide bonds. The molecular weight excluding hydrogens is 364 g/mol. The normalized spacial score (nSPS) is 16.7. The van der Waals surface area contributed by atoms with Crippen molar-refractivity contribution in [3.8, 4) is 0 Å². The molecular formula is C20H20N2O4S. The number of benzene rings is 2. The number of allylic oxidation sites excluding steroid dienone is 1. The zero-order valence-corrected chi connectivity index (χ0v) is 16.0. The van der Waals surface area contributed by atoms with Gasteiger partial charge in [-0.2, -0.15) is 0 Å². The lowest BCUT2D eigenvalue weighted by atomic mass is 9.91. The lowest BCUT2D eigenvalue weighted by Crippen LogP contribution is -2.11. The van der Waals surface area contributed by atoms with Gasteiger partial charge in [0, 0.05) is 11.3 Å². The van der Waals surface area contributed by atoms with Crippen molar-refractivity contribution in [2.45, 2.75) is 43.3 Å². The van der Waals surface area contributed by atoms with Crippen LogP contribution in [0.1, 0.15) is 36.0 Å². The molecule has 7 heteroatoms. The maximum absolute atomic E-state index is 11.4. The Labute approximate surface area is 161 Å². The predicted molar refractivity (Wildman–Crippen MR) is 107 cm³/mol. The molecule has 1 aliphatic carbocycles. The SMILES string of the molecule is Cc1ccc(C2=CCCCC2Sc2ccc([N+](=O)[O-])cc2[N+](=O)[O-])cc1C. The molecule has 0 spiro atoms. The monoisotopic (exact) mass is 384 g/mol. The van der Waals surface area contributed by atoms with Gasteiger partial charge in [0.15, 0.2) is 0 Å². The highest BCUT2D eigenvalue weighted by atomic mass is 32.2. The van der Waals surface area contributed by atoms with Crippen molar-refractivity contribution < 1.29 is 9.85 Å². The fourth-order valence-electron chi connectivity index (χ4n) is 3.21. The number of hydrogen-bond acceptors (Lipinski definition) is 5. The molecule has 1 unspecified atom stereocenters. The van der Waals surface area contributed by atoms with E-state index in [4.69, 9.17) is 0 Å². The van der Waals surface area contributed by atoms with Gasteiger partial charge in [-0.1, -0.05) is 24.3 Å². The Morgan fingerprint density at radius 1 is 1.00 bits per heavy atom. The summed E-state index contributed by atoms with van der Waals surface area (Å²) < 4.78 is 0. The first kappa shape index (κ1) is 19.1. The van der Waals surface area contributed by atoms with E-state index >= 15 is 0 Å². The zero-order chi connectivity index (χ0) is 19.6. The van der Waals surface area contributed by atoms with E-state index in [9.17, 15) is 20.2 Å². The fraction of sp³-hybridized carbons (Fsp3) is 0.300. The molecule has 0 aromatic heterocycles. The standard InChI is InChI=1S/C20H20N2O4S/c1-13-7-8-15(11-14(13)2)17-5-3-4-6-19(17)27-20-10-9-16(21(23)24)12-18(20)22(25)26/h5,7-12,19H,3-4,6H2,1-2H3. The van der Waals surface area contributed by atoms with E-state index in [2.05, 4.69) is 38.1 Å². The van der Waals surface area contributed by atoms with Crippen molar-refractivity contribution in [3.63, 3.8) is 0 Å². The second-order valence-corrected chi connectivity index (χ2v) is 7.91. The second kappa shape index (κ2) is 7.92. The van der Waals surface area contributed by atoms with Crippen LogP contribution in [-0.4, -0.2) is 15.1 Å². The van der Waals surface area contributed by atoms with Gasteiger partial charge >= 0.3 is 0 Å². The largest absolute Gasteiger partial charge is 0.289 e. The van der Waals surface area contributed by atoms with E-state index < -0.39 is 9.85 Å². The lowest BCUT2D eigenvalue weighted by molar-refractivity contribution is -0.396. The van der Waals surface area contributed by atoms with E-state index in [1.54, 1.807) is 0 Å². The van der Waals surface area contributed by atoms with E-state index in [1.807, 2.05) is 0 Å². The topological polar surface area (TPSA) is 86.3 Å². The van der Waals surface area contributed by atoms with Crippen molar-refractivity contribution in [1.82, 2.24) is 0 Å². The van der Waals surface area contributed by atoms with Crippen molar-refractivity contribution >= 4 is 28.7 Å². The fourth-order valence-corrected chi connectivity index (χ4v) is 4.56. The van der Waals surface area contributed by atoms with E-state index in [-0.39, 0.29) is 16.6 Å². The van der Waals surface area contributed by atoms with E-state index in [0.717, 1.165) is 30.9 Å². The van der Waals surface area contributed by atoms with Gasteiger partial charge in [0.1, 0.15) is 0 Å². The molecule has 1 atom stereocenters. The molecule has 2 aromatic rings. The Balaban J connectivity index is 1.94. The van der Waals surface area contributed by atoms with Gasteiger partial charge in [-0.15, -0.1) is 11.8 Å². The molecule has 0 heterocycles. The summed E-state index contributed by atoms with van der Waals surface area (Å²) in [5, 5.41) is 22.5. The molecule has 0 bridgehead atoms. The van der Waals surface area contributed by atoms with E-state index in [1.165, 1.54) is 40.6 Å². The van der Waals surface area contributed by atoms with Crippen LogP contribution in [0, 0.1) is 34.1 Å². The third-order valence-corrected chi connectivity index (χ3v) is 6.21. The van der Waals surface area contributed by atoms with Gasteiger partial charge in [0.2, 0.25) is 0 Å². The van der Waals surface area contributed by atoms with Crippen LogP contribution in [0.2, 0.25) is 0 Å². The summed E-state index contributed by atoms with van der Waals surface area (Å²) in [4.78, 5) is 21.7. The summed E-state index contributed by atoms with van der Waals surface area (Å²) in [7, 11) is 0. The van der Waals surface area contributed by atoms with Gasteiger partial charge in [0.25, 0.3) is 11.4 Å². The van der Waals surface area contributed by atoms with E-state index in [0.29, 0.717) is 4.90 Å².